The number of halogens is 2. The van der Waals surface area contributed by atoms with Crippen LogP contribution in [0.5, 0.6) is 5.75 Å². The number of aryl methyl sites for hydroxylation is 1. The fourth-order valence-corrected chi connectivity index (χ4v) is 3.67. The molecule has 0 unspecified atom stereocenters. The Labute approximate surface area is 165 Å². The van der Waals surface area contributed by atoms with Gasteiger partial charge in [0, 0.05) is 18.6 Å². The van der Waals surface area contributed by atoms with Crippen molar-refractivity contribution >= 4 is 17.5 Å². The fraction of sp³-hybridized carbons (Fsp3) is 0.474. The van der Waals surface area contributed by atoms with Crippen molar-refractivity contribution in [1.82, 2.24) is 20.1 Å². The number of nitrogens with one attached hydrogen (secondary N) is 2. The lowest BCUT2D eigenvalue weighted by Crippen LogP contribution is -2.46. The molecule has 0 bridgehead atoms. The third-order valence-electron chi connectivity index (χ3n) is 5.18. The molecule has 0 saturated heterocycles. The van der Waals surface area contributed by atoms with Crippen LogP contribution in [0.4, 0.5) is 14.5 Å². The van der Waals surface area contributed by atoms with Gasteiger partial charge in [-0.15, -0.1) is 5.10 Å². The van der Waals surface area contributed by atoms with Crippen LogP contribution in [0, 0.1) is 17.6 Å². The number of hydrogen-bond donors (Lipinski definition) is 2. The summed E-state index contributed by atoms with van der Waals surface area (Å²) >= 11 is 0. The van der Waals surface area contributed by atoms with Crippen LogP contribution in [0.15, 0.2) is 12.1 Å². The number of carbonyl (C=O) groups excluding carboxylic acids is 2. The van der Waals surface area contributed by atoms with Crippen LogP contribution in [0.3, 0.4) is 0 Å². The molecule has 2 aliphatic rings. The second-order valence-electron chi connectivity index (χ2n) is 7.59. The van der Waals surface area contributed by atoms with Crippen molar-refractivity contribution in [2.75, 3.05) is 11.9 Å². The molecule has 0 fully saturated rings. The summed E-state index contributed by atoms with van der Waals surface area (Å²) in [7, 11) is 0. The lowest BCUT2D eigenvalue weighted by atomic mass is 9.95. The number of carbonyl (C=O) groups is 2. The molecule has 10 heteroatoms. The molecule has 0 radical (unpaired) electrons. The Bertz CT molecular complexity index is 975. The number of anilines is 1. The predicted molar refractivity (Wildman–Crippen MR) is 98.6 cm³/mol. The van der Waals surface area contributed by atoms with Gasteiger partial charge in [0.25, 0.3) is 11.8 Å². The average molecular weight is 405 g/mol. The molecule has 0 spiro atoms. The highest BCUT2D eigenvalue weighted by Crippen LogP contribution is 2.31. The fourth-order valence-electron chi connectivity index (χ4n) is 3.67. The number of aromatic nitrogens is 3. The molecule has 4 rings (SSSR count). The first-order chi connectivity index (χ1) is 13.8. The highest BCUT2D eigenvalue weighted by molar-refractivity contribution is 6.01. The standard InChI is InChI=1S/C19H21F2N5O3/c1-9(2)13-4-3-5-15-23-17(25-26(13)15)19(28)22-12-8-29-14-7-10(20)6-11(21)16(14)24-18(12)27/h6-7,9,12-13H,3-5,8H2,1-2H3,(H,22,28)(H,24,27)/t12-,13+/m0/s1. The van der Waals surface area contributed by atoms with Gasteiger partial charge in [0.15, 0.2) is 5.82 Å². The first-order valence-corrected chi connectivity index (χ1v) is 9.52. The van der Waals surface area contributed by atoms with E-state index < -0.39 is 29.5 Å². The minimum Gasteiger partial charge on any atom is -0.488 e. The molecule has 3 heterocycles. The zero-order chi connectivity index (χ0) is 20.7. The minimum atomic E-state index is -1.11. The first kappa shape index (κ1) is 19.3. The summed E-state index contributed by atoms with van der Waals surface area (Å²) in [6.07, 6.45) is 2.67. The first-order valence-electron chi connectivity index (χ1n) is 9.52. The summed E-state index contributed by atoms with van der Waals surface area (Å²) in [4.78, 5) is 29.4. The number of nitrogens with zero attached hydrogens (tertiary/aromatic N) is 3. The summed E-state index contributed by atoms with van der Waals surface area (Å²) < 4.78 is 34.4. The van der Waals surface area contributed by atoms with E-state index in [4.69, 9.17) is 4.74 Å². The van der Waals surface area contributed by atoms with Crippen LogP contribution in [0.25, 0.3) is 0 Å². The van der Waals surface area contributed by atoms with Gasteiger partial charge in [0.1, 0.15) is 35.7 Å². The molecule has 2 aliphatic heterocycles. The molecule has 2 aromatic rings. The maximum atomic E-state index is 13.9. The molecule has 154 valence electrons. The van der Waals surface area contributed by atoms with Gasteiger partial charge >= 0.3 is 0 Å². The van der Waals surface area contributed by atoms with E-state index in [0.29, 0.717) is 12.0 Å². The minimum absolute atomic E-state index is 0.0284. The molecular weight excluding hydrogens is 384 g/mol. The van der Waals surface area contributed by atoms with Crippen molar-refractivity contribution < 1.29 is 23.1 Å². The Morgan fingerprint density at radius 1 is 1.38 bits per heavy atom. The van der Waals surface area contributed by atoms with Gasteiger partial charge in [-0.3, -0.25) is 9.59 Å². The monoisotopic (exact) mass is 405 g/mol. The van der Waals surface area contributed by atoms with Gasteiger partial charge < -0.3 is 15.4 Å². The highest BCUT2D eigenvalue weighted by Gasteiger charge is 2.31. The van der Waals surface area contributed by atoms with Gasteiger partial charge in [-0.25, -0.2) is 18.4 Å². The summed E-state index contributed by atoms with van der Waals surface area (Å²) in [6.45, 7) is 3.90. The lowest BCUT2D eigenvalue weighted by Gasteiger charge is -2.26. The van der Waals surface area contributed by atoms with Gasteiger partial charge in [0.05, 0.1) is 6.04 Å². The predicted octanol–water partition coefficient (Wildman–Crippen LogP) is 2.22. The summed E-state index contributed by atoms with van der Waals surface area (Å²) in [5.74, 6) is -2.16. The van der Waals surface area contributed by atoms with E-state index in [1.807, 2.05) is 0 Å². The van der Waals surface area contributed by atoms with E-state index in [2.05, 4.69) is 34.6 Å². The number of fused-ring (bicyclic) bond motifs is 2. The molecule has 0 saturated carbocycles. The summed E-state index contributed by atoms with van der Waals surface area (Å²) in [5.41, 5.74) is -0.261. The van der Waals surface area contributed by atoms with Crippen LogP contribution in [0.2, 0.25) is 0 Å². The van der Waals surface area contributed by atoms with E-state index in [0.717, 1.165) is 31.2 Å². The molecular formula is C19H21F2N5O3. The zero-order valence-electron chi connectivity index (χ0n) is 16.0. The van der Waals surface area contributed by atoms with Crippen molar-refractivity contribution in [2.24, 2.45) is 5.92 Å². The Morgan fingerprint density at radius 3 is 2.93 bits per heavy atom. The third-order valence-corrected chi connectivity index (χ3v) is 5.18. The lowest BCUT2D eigenvalue weighted by molar-refractivity contribution is -0.118. The van der Waals surface area contributed by atoms with Crippen LogP contribution >= 0.6 is 0 Å². The van der Waals surface area contributed by atoms with E-state index >= 15 is 0 Å². The molecule has 29 heavy (non-hydrogen) atoms. The summed E-state index contributed by atoms with van der Waals surface area (Å²) in [5, 5.41) is 9.19. The average Bonchev–Trinajstić information content (AvgIpc) is 3.04. The smallest absolute Gasteiger partial charge is 0.291 e. The third kappa shape index (κ3) is 3.66. The maximum absolute atomic E-state index is 13.9. The molecule has 1 aromatic heterocycles. The van der Waals surface area contributed by atoms with E-state index in [9.17, 15) is 18.4 Å². The van der Waals surface area contributed by atoms with Crippen molar-refractivity contribution in [2.45, 2.75) is 45.2 Å². The summed E-state index contributed by atoms with van der Waals surface area (Å²) in [6, 6.07) is 0.676. The highest BCUT2D eigenvalue weighted by atomic mass is 19.1. The second-order valence-corrected chi connectivity index (χ2v) is 7.59. The van der Waals surface area contributed by atoms with E-state index in [1.54, 1.807) is 4.68 Å². The van der Waals surface area contributed by atoms with Crippen LogP contribution in [-0.2, 0) is 11.2 Å². The van der Waals surface area contributed by atoms with Crippen LogP contribution < -0.4 is 15.4 Å². The van der Waals surface area contributed by atoms with E-state index in [-0.39, 0.29) is 29.9 Å². The number of benzene rings is 1. The normalized spacial score (nSPS) is 20.9. The molecule has 8 nitrogen and oxygen atoms in total. The molecule has 1 aromatic carbocycles. The van der Waals surface area contributed by atoms with Crippen molar-refractivity contribution in [3.05, 3.63) is 35.4 Å². The molecule has 2 N–H and O–H groups in total. The van der Waals surface area contributed by atoms with Gasteiger partial charge in [-0.05, 0) is 18.8 Å². The van der Waals surface area contributed by atoms with Crippen molar-refractivity contribution in [3.63, 3.8) is 0 Å². The van der Waals surface area contributed by atoms with Crippen LogP contribution in [-0.4, -0.2) is 39.2 Å². The van der Waals surface area contributed by atoms with Crippen molar-refractivity contribution in [1.29, 1.82) is 0 Å². The maximum Gasteiger partial charge on any atom is 0.291 e. The quantitative estimate of drug-likeness (QED) is 0.816. The Morgan fingerprint density at radius 2 is 2.17 bits per heavy atom. The largest absolute Gasteiger partial charge is 0.488 e. The molecule has 0 aliphatic carbocycles. The Balaban J connectivity index is 1.51. The topological polar surface area (TPSA) is 98.1 Å². The SMILES string of the molecule is CC(C)[C@H]1CCCc2nc(C(=O)N[C@H]3COc4cc(F)cc(F)c4NC3=O)nn21. The Hall–Kier alpha value is -3.04. The Kier molecular flexibility index (Phi) is 4.93. The number of hydrogen-bond acceptors (Lipinski definition) is 5. The molecule has 2 amide bonds. The van der Waals surface area contributed by atoms with E-state index in [1.165, 1.54) is 0 Å². The van der Waals surface area contributed by atoms with Gasteiger partial charge in [-0.2, -0.15) is 0 Å². The number of rotatable bonds is 3. The number of ether oxygens (including phenoxy) is 1. The second kappa shape index (κ2) is 7.41. The number of amides is 2. The van der Waals surface area contributed by atoms with Crippen LogP contribution in [0.1, 0.15) is 49.2 Å². The molecule has 2 atom stereocenters. The van der Waals surface area contributed by atoms with Crippen molar-refractivity contribution in [3.8, 4) is 5.75 Å². The zero-order valence-corrected chi connectivity index (χ0v) is 16.0. The van der Waals surface area contributed by atoms with Gasteiger partial charge in [-0.1, -0.05) is 13.8 Å². The van der Waals surface area contributed by atoms with Gasteiger partial charge in [0.2, 0.25) is 5.82 Å².